The van der Waals surface area contributed by atoms with Crippen molar-refractivity contribution in [1.82, 2.24) is 10.2 Å². The fourth-order valence-corrected chi connectivity index (χ4v) is 1.25. The normalized spacial score (nSPS) is 10.6. The third-order valence-corrected chi connectivity index (χ3v) is 2.05. The fourth-order valence-electron chi connectivity index (χ4n) is 1.25. The van der Waals surface area contributed by atoms with Gasteiger partial charge in [0, 0.05) is 26.6 Å². The van der Waals surface area contributed by atoms with Crippen LogP contribution >= 0.6 is 0 Å². The molecule has 0 spiro atoms. The quantitative estimate of drug-likeness (QED) is 0.592. The van der Waals surface area contributed by atoms with Gasteiger partial charge in [-0.1, -0.05) is 13.3 Å². The van der Waals surface area contributed by atoms with Crippen LogP contribution < -0.4 is 5.32 Å². The van der Waals surface area contributed by atoms with Crippen molar-refractivity contribution in [3.8, 4) is 0 Å². The van der Waals surface area contributed by atoms with Crippen LogP contribution in [0.25, 0.3) is 0 Å². The van der Waals surface area contributed by atoms with Crippen molar-refractivity contribution >= 4 is 5.91 Å². The van der Waals surface area contributed by atoms with Gasteiger partial charge in [-0.15, -0.1) is 0 Å². The second-order valence-electron chi connectivity index (χ2n) is 3.40. The van der Waals surface area contributed by atoms with E-state index < -0.39 is 0 Å². The number of aliphatic hydroxyl groups is 1. The zero-order valence-electron chi connectivity index (χ0n) is 9.25. The Balaban J connectivity index is 3.55. The minimum absolute atomic E-state index is 0.00411. The summed E-state index contributed by atoms with van der Waals surface area (Å²) in [5.41, 5.74) is 0. The maximum atomic E-state index is 10.6. The molecule has 4 nitrogen and oxygen atoms in total. The molecule has 0 atom stereocenters. The van der Waals surface area contributed by atoms with Gasteiger partial charge in [-0.3, -0.25) is 9.69 Å². The van der Waals surface area contributed by atoms with E-state index in [9.17, 15) is 4.79 Å². The minimum Gasteiger partial charge on any atom is -0.395 e. The van der Waals surface area contributed by atoms with Gasteiger partial charge in [0.2, 0.25) is 5.91 Å². The molecule has 0 saturated carbocycles. The van der Waals surface area contributed by atoms with E-state index >= 15 is 0 Å². The molecule has 0 aromatic heterocycles. The molecule has 14 heavy (non-hydrogen) atoms. The topological polar surface area (TPSA) is 52.6 Å². The number of nitrogens with one attached hydrogen (secondary N) is 1. The molecule has 0 heterocycles. The first-order valence-electron chi connectivity index (χ1n) is 5.28. The van der Waals surface area contributed by atoms with Crippen molar-refractivity contribution in [2.75, 3.05) is 32.8 Å². The maximum absolute atomic E-state index is 10.6. The molecule has 0 saturated heterocycles. The molecule has 0 rings (SSSR count). The highest BCUT2D eigenvalue weighted by Crippen LogP contribution is 1.93. The summed E-state index contributed by atoms with van der Waals surface area (Å²) in [4.78, 5) is 12.8. The van der Waals surface area contributed by atoms with Crippen LogP contribution in [0.3, 0.4) is 0 Å². The lowest BCUT2D eigenvalue weighted by atomic mass is 10.3. The minimum atomic E-state index is 0.00411. The van der Waals surface area contributed by atoms with Gasteiger partial charge >= 0.3 is 0 Å². The van der Waals surface area contributed by atoms with E-state index in [0.717, 1.165) is 25.9 Å². The number of nitrogens with zero attached hydrogens (tertiary/aromatic N) is 1. The molecule has 4 heteroatoms. The van der Waals surface area contributed by atoms with Gasteiger partial charge in [0.05, 0.1) is 6.61 Å². The van der Waals surface area contributed by atoms with E-state index in [1.807, 2.05) is 0 Å². The third kappa shape index (κ3) is 8.01. The number of carbonyl (C=O) groups is 1. The maximum Gasteiger partial charge on any atom is 0.216 e. The summed E-state index contributed by atoms with van der Waals surface area (Å²) in [6.45, 7) is 7.02. The lowest BCUT2D eigenvalue weighted by molar-refractivity contribution is -0.119. The number of hydrogen-bond acceptors (Lipinski definition) is 3. The molecule has 0 bridgehead atoms. The van der Waals surface area contributed by atoms with Crippen molar-refractivity contribution in [3.05, 3.63) is 0 Å². The number of unbranched alkanes of at least 4 members (excludes halogenated alkanes) is 1. The molecule has 0 radical (unpaired) electrons. The van der Waals surface area contributed by atoms with Crippen molar-refractivity contribution in [1.29, 1.82) is 0 Å². The van der Waals surface area contributed by atoms with E-state index in [4.69, 9.17) is 5.11 Å². The average Bonchev–Trinajstić information content (AvgIpc) is 2.13. The Bertz CT molecular complexity index is 151. The van der Waals surface area contributed by atoms with Crippen molar-refractivity contribution in [2.24, 2.45) is 0 Å². The largest absolute Gasteiger partial charge is 0.395 e. The molecule has 0 aliphatic heterocycles. The van der Waals surface area contributed by atoms with Crippen molar-refractivity contribution in [3.63, 3.8) is 0 Å². The van der Waals surface area contributed by atoms with Crippen LogP contribution in [0.5, 0.6) is 0 Å². The number of aliphatic hydroxyl groups excluding tert-OH is 1. The second kappa shape index (κ2) is 8.97. The first kappa shape index (κ1) is 13.4. The second-order valence-corrected chi connectivity index (χ2v) is 3.40. The Kier molecular flexibility index (Phi) is 8.57. The highest BCUT2D eigenvalue weighted by atomic mass is 16.3. The first-order chi connectivity index (χ1) is 6.70. The van der Waals surface area contributed by atoms with E-state index in [2.05, 4.69) is 17.1 Å². The molecular formula is C10H22N2O2. The van der Waals surface area contributed by atoms with E-state index in [1.165, 1.54) is 6.92 Å². The number of hydrogen-bond donors (Lipinski definition) is 2. The van der Waals surface area contributed by atoms with Crippen LogP contribution in [0.15, 0.2) is 0 Å². The molecule has 0 fully saturated rings. The van der Waals surface area contributed by atoms with Gasteiger partial charge in [-0.25, -0.2) is 0 Å². The number of carbonyl (C=O) groups excluding carboxylic acids is 1. The van der Waals surface area contributed by atoms with Crippen molar-refractivity contribution < 1.29 is 9.90 Å². The highest BCUT2D eigenvalue weighted by Gasteiger charge is 2.02. The molecule has 84 valence electrons. The van der Waals surface area contributed by atoms with Gasteiger partial charge in [-0.05, 0) is 13.0 Å². The summed E-state index contributed by atoms with van der Waals surface area (Å²) >= 11 is 0. The summed E-state index contributed by atoms with van der Waals surface area (Å²) < 4.78 is 0. The molecule has 0 unspecified atom stereocenters. The predicted octanol–water partition coefficient (Wildman–Crippen LogP) is 0.217. The van der Waals surface area contributed by atoms with Crippen LogP contribution in [-0.4, -0.2) is 48.7 Å². The SMILES string of the molecule is CCCCN(CCO)CCNC(C)=O. The fraction of sp³-hybridized carbons (Fsp3) is 0.900. The molecule has 1 amide bonds. The Morgan fingerprint density at radius 3 is 2.57 bits per heavy atom. The Labute approximate surface area is 86.3 Å². The van der Waals surface area contributed by atoms with Crippen LogP contribution in [0.2, 0.25) is 0 Å². The van der Waals surface area contributed by atoms with Crippen LogP contribution in [0.4, 0.5) is 0 Å². The summed E-state index contributed by atoms with van der Waals surface area (Å²) in [7, 11) is 0. The summed E-state index contributed by atoms with van der Waals surface area (Å²) in [6.07, 6.45) is 2.29. The Hall–Kier alpha value is -0.610. The molecule has 0 aromatic rings. The zero-order chi connectivity index (χ0) is 10.8. The molecule has 0 aliphatic rings. The Morgan fingerprint density at radius 1 is 1.36 bits per heavy atom. The monoisotopic (exact) mass is 202 g/mol. The van der Waals surface area contributed by atoms with E-state index in [-0.39, 0.29) is 12.5 Å². The van der Waals surface area contributed by atoms with Gasteiger partial charge in [0.15, 0.2) is 0 Å². The van der Waals surface area contributed by atoms with E-state index in [0.29, 0.717) is 13.1 Å². The lowest BCUT2D eigenvalue weighted by Crippen LogP contribution is -2.36. The van der Waals surface area contributed by atoms with Crippen LogP contribution in [-0.2, 0) is 4.79 Å². The lowest BCUT2D eigenvalue weighted by Gasteiger charge is -2.20. The molecular weight excluding hydrogens is 180 g/mol. The van der Waals surface area contributed by atoms with E-state index in [1.54, 1.807) is 0 Å². The van der Waals surface area contributed by atoms with Gasteiger partial charge in [0.1, 0.15) is 0 Å². The van der Waals surface area contributed by atoms with Gasteiger partial charge < -0.3 is 10.4 Å². The third-order valence-electron chi connectivity index (χ3n) is 2.05. The summed E-state index contributed by atoms with van der Waals surface area (Å²) in [6, 6.07) is 0. The number of rotatable bonds is 8. The van der Waals surface area contributed by atoms with Crippen molar-refractivity contribution in [2.45, 2.75) is 26.7 Å². The summed E-state index contributed by atoms with van der Waals surface area (Å²) in [5, 5.41) is 11.6. The zero-order valence-corrected chi connectivity index (χ0v) is 9.25. The number of amides is 1. The standard InChI is InChI=1S/C10H22N2O2/c1-3-4-6-12(8-9-13)7-5-11-10(2)14/h13H,3-9H2,1-2H3,(H,11,14). The molecule has 0 aliphatic carbocycles. The summed E-state index contributed by atoms with van der Waals surface area (Å²) in [5.74, 6) is 0.00411. The first-order valence-corrected chi connectivity index (χ1v) is 5.28. The molecule has 2 N–H and O–H groups in total. The predicted molar refractivity (Wildman–Crippen MR) is 57.1 cm³/mol. The van der Waals surface area contributed by atoms with Crippen LogP contribution in [0.1, 0.15) is 26.7 Å². The Morgan fingerprint density at radius 2 is 2.07 bits per heavy atom. The van der Waals surface area contributed by atoms with Gasteiger partial charge in [-0.2, -0.15) is 0 Å². The molecule has 0 aromatic carbocycles. The van der Waals surface area contributed by atoms with Gasteiger partial charge in [0.25, 0.3) is 0 Å². The smallest absolute Gasteiger partial charge is 0.216 e. The average molecular weight is 202 g/mol. The highest BCUT2D eigenvalue weighted by molar-refractivity contribution is 5.72. The van der Waals surface area contributed by atoms with Crippen LogP contribution in [0, 0.1) is 0 Å².